The van der Waals surface area contributed by atoms with E-state index in [4.69, 9.17) is 16.6 Å². The standard InChI is InChI=1S/C26H23N3O2S/c1-17(2)20-11-14-23-22(16-20)28-25(31-23)19-9-12-21(13-10-19)27-26(32)29-24(30)15-8-18-6-4-3-5-7-18/h3-17H,1-2H3,(H2,27,29,30,32)/b15-8+. The lowest BCUT2D eigenvalue weighted by Gasteiger charge is -2.08. The summed E-state index contributed by atoms with van der Waals surface area (Å²) in [5.41, 5.74) is 5.39. The molecule has 5 nitrogen and oxygen atoms in total. The van der Waals surface area contributed by atoms with Gasteiger partial charge in [-0.25, -0.2) is 4.98 Å². The van der Waals surface area contributed by atoms with E-state index < -0.39 is 0 Å². The Hall–Kier alpha value is -3.77. The SMILES string of the molecule is CC(C)c1ccc2oc(-c3ccc(NC(=S)NC(=O)/C=C/c4ccccc4)cc3)nc2c1. The summed E-state index contributed by atoms with van der Waals surface area (Å²) in [5.74, 6) is 0.702. The molecule has 0 spiro atoms. The van der Waals surface area contributed by atoms with E-state index in [1.165, 1.54) is 11.6 Å². The molecule has 3 aromatic carbocycles. The molecular formula is C26H23N3O2S. The van der Waals surface area contributed by atoms with E-state index in [0.29, 0.717) is 11.8 Å². The van der Waals surface area contributed by atoms with Gasteiger partial charge in [0.25, 0.3) is 0 Å². The number of oxazole rings is 1. The molecule has 160 valence electrons. The number of carbonyl (C=O) groups excluding carboxylic acids is 1. The Kier molecular flexibility index (Phi) is 6.42. The first kappa shape index (κ1) is 21.5. The van der Waals surface area contributed by atoms with Crippen molar-refractivity contribution in [3.8, 4) is 11.5 Å². The minimum Gasteiger partial charge on any atom is -0.436 e. The number of carbonyl (C=O) groups is 1. The average Bonchev–Trinajstić information content (AvgIpc) is 3.22. The molecule has 0 saturated heterocycles. The van der Waals surface area contributed by atoms with Crippen LogP contribution in [0.15, 0.2) is 83.3 Å². The van der Waals surface area contributed by atoms with Gasteiger partial charge >= 0.3 is 0 Å². The van der Waals surface area contributed by atoms with Gasteiger partial charge in [-0.2, -0.15) is 0 Å². The average molecular weight is 442 g/mol. The van der Waals surface area contributed by atoms with Gasteiger partial charge in [-0.1, -0.05) is 50.2 Å². The Balaban J connectivity index is 1.38. The lowest BCUT2D eigenvalue weighted by atomic mass is 10.0. The van der Waals surface area contributed by atoms with Crippen molar-refractivity contribution in [1.29, 1.82) is 0 Å². The summed E-state index contributed by atoms with van der Waals surface area (Å²) in [7, 11) is 0. The molecule has 0 aliphatic rings. The number of aromatic nitrogens is 1. The number of nitrogens with zero attached hydrogens (tertiary/aromatic N) is 1. The van der Waals surface area contributed by atoms with Crippen LogP contribution in [-0.2, 0) is 4.79 Å². The second-order valence-electron chi connectivity index (χ2n) is 7.67. The molecule has 6 heteroatoms. The quantitative estimate of drug-likeness (QED) is 0.287. The Morgan fingerprint density at radius 2 is 1.78 bits per heavy atom. The Labute approximate surface area is 192 Å². The number of nitrogens with one attached hydrogen (secondary N) is 2. The molecule has 2 N–H and O–H groups in total. The van der Waals surface area contributed by atoms with Gasteiger partial charge in [0.15, 0.2) is 10.7 Å². The predicted octanol–water partition coefficient (Wildman–Crippen LogP) is 6.14. The van der Waals surface area contributed by atoms with Crippen molar-refractivity contribution in [3.05, 3.63) is 90.0 Å². The van der Waals surface area contributed by atoms with Crippen molar-refractivity contribution in [1.82, 2.24) is 10.3 Å². The van der Waals surface area contributed by atoms with E-state index in [0.717, 1.165) is 27.9 Å². The van der Waals surface area contributed by atoms with E-state index in [1.807, 2.05) is 60.7 Å². The van der Waals surface area contributed by atoms with E-state index >= 15 is 0 Å². The first-order valence-corrected chi connectivity index (χ1v) is 10.7. The van der Waals surface area contributed by atoms with Crippen molar-refractivity contribution < 1.29 is 9.21 Å². The third-order valence-corrected chi connectivity index (χ3v) is 5.14. The molecule has 1 amide bonds. The van der Waals surface area contributed by atoms with Crippen molar-refractivity contribution in [2.75, 3.05) is 5.32 Å². The van der Waals surface area contributed by atoms with Gasteiger partial charge in [0.1, 0.15) is 5.52 Å². The molecule has 0 fully saturated rings. The minimum atomic E-state index is -0.296. The van der Waals surface area contributed by atoms with Crippen molar-refractivity contribution in [2.24, 2.45) is 0 Å². The predicted molar refractivity (Wildman–Crippen MR) is 133 cm³/mol. The molecular weight excluding hydrogens is 418 g/mol. The van der Waals surface area contributed by atoms with Gasteiger partial charge in [0.2, 0.25) is 11.8 Å². The highest BCUT2D eigenvalue weighted by Crippen LogP contribution is 2.27. The fourth-order valence-corrected chi connectivity index (χ4v) is 3.39. The van der Waals surface area contributed by atoms with Gasteiger partial charge in [-0.15, -0.1) is 0 Å². The molecule has 32 heavy (non-hydrogen) atoms. The summed E-state index contributed by atoms with van der Waals surface area (Å²) >= 11 is 5.24. The highest BCUT2D eigenvalue weighted by molar-refractivity contribution is 7.80. The number of anilines is 1. The van der Waals surface area contributed by atoms with Gasteiger partial charge in [-0.05, 0) is 71.7 Å². The molecule has 0 saturated carbocycles. The van der Waals surface area contributed by atoms with Crippen LogP contribution >= 0.6 is 12.2 Å². The van der Waals surface area contributed by atoms with Crippen molar-refractivity contribution in [3.63, 3.8) is 0 Å². The van der Waals surface area contributed by atoms with Crippen LogP contribution in [0.25, 0.3) is 28.6 Å². The Morgan fingerprint density at radius 3 is 2.50 bits per heavy atom. The zero-order valence-electron chi connectivity index (χ0n) is 17.8. The smallest absolute Gasteiger partial charge is 0.250 e. The fourth-order valence-electron chi connectivity index (χ4n) is 3.18. The normalized spacial score (nSPS) is 11.2. The van der Waals surface area contributed by atoms with Crippen LogP contribution in [-0.4, -0.2) is 16.0 Å². The van der Waals surface area contributed by atoms with Crippen LogP contribution in [0.3, 0.4) is 0 Å². The number of amides is 1. The molecule has 0 bridgehead atoms. The lowest BCUT2D eigenvalue weighted by molar-refractivity contribution is -0.115. The summed E-state index contributed by atoms with van der Waals surface area (Å²) in [6.45, 7) is 4.31. The number of hydrogen-bond donors (Lipinski definition) is 2. The maximum Gasteiger partial charge on any atom is 0.250 e. The molecule has 0 aliphatic heterocycles. The van der Waals surface area contributed by atoms with Gasteiger partial charge in [0.05, 0.1) is 0 Å². The van der Waals surface area contributed by atoms with Gasteiger partial charge < -0.3 is 9.73 Å². The van der Waals surface area contributed by atoms with Crippen LogP contribution in [0.5, 0.6) is 0 Å². The number of thiocarbonyl (C=S) groups is 1. The number of rotatable bonds is 5. The molecule has 4 aromatic rings. The van der Waals surface area contributed by atoms with Crippen molar-refractivity contribution >= 4 is 46.1 Å². The van der Waals surface area contributed by atoms with E-state index in [-0.39, 0.29) is 11.0 Å². The maximum atomic E-state index is 12.1. The summed E-state index contributed by atoms with van der Waals surface area (Å²) in [6.07, 6.45) is 3.18. The molecule has 0 radical (unpaired) electrons. The maximum absolute atomic E-state index is 12.1. The highest BCUT2D eigenvalue weighted by Gasteiger charge is 2.10. The van der Waals surface area contributed by atoms with Crippen LogP contribution in [0.1, 0.15) is 30.9 Å². The Bertz CT molecular complexity index is 1280. The lowest BCUT2D eigenvalue weighted by Crippen LogP contribution is -2.32. The number of fused-ring (bicyclic) bond motifs is 1. The third-order valence-electron chi connectivity index (χ3n) is 4.93. The van der Waals surface area contributed by atoms with E-state index in [2.05, 4.69) is 41.6 Å². The third kappa shape index (κ3) is 5.28. The monoisotopic (exact) mass is 441 g/mol. The van der Waals surface area contributed by atoms with Crippen LogP contribution in [0.2, 0.25) is 0 Å². The minimum absolute atomic E-state index is 0.225. The molecule has 4 rings (SSSR count). The van der Waals surface area contributed by atoms with Crippen LogP contribution < -0.4 is 10.6 Å². The van der Waals surface area contributed by atoms with Gasteiger partial charge in [0, 0.05) is 17.3 Å². The van der Waals surface area contributed by atoms with Gasteiger partial charge in [-0.3, -0.25) is 10.1 Å². The molecule has 1 aromatic heterocycles. The summed E-state index contributed by atoms with van der Waals surface area (Å²) in [6, 6.07) is 23.2. The summed E-state index contributed by atoms with van der Waals surface area (Å²) < 4.78 is 5.90. The summed E-state index contributed by atoms with van der Waals surface area (Å²) in [5, 5.41) is 5.88. The topological polar surface area (TPSA) is 67.2 Å². The Morgan fingerprint density at radius 1 is 1.03 bits per heavy atom. The molecule has 0 unspecified atom stereocenters. The van der Waals surface area contributed by atoms with E-state index in [1.54, 1.807) is 6.08 Å². The fraction of sp³-hybridized carbons (Fsp3) is 0.115. The van der Waals surface area contributed by atoms with Crippen molar-refractivity contribution in [2.45, 2.75) is 19.8 Å². The zero-order chi connectivity index (χ0) is 22.5. The summed E-state index contributed by atoms with van der Waals surface area (Å²) in [4.78, 5) is 16.7. The number of benzene rings is 3. The first-order valence-electron chi connectivity index (χ1n) is 10.3. The largest absolute Gasteiger partial charge is 0.436 e. The molecule has 0 atom stereocenters. The first-order chi connectivity index (χ1) is 15.5. The highest BCUT2D eigenvalue weighted by atomic mass is 32.1. The van der Waals surface area contributed by atoms with Crippen LogP contribution in [0, 0.1) is 0 Å². The number of hydrogen-bond acceptors (Lipinski definition) is 4. The second kappa shape index (κ2) is 9.58. The second-order valence-corrected chi connectivity index (χ2v) is 8.07. The zero-order valence-corrected chi connectivity index (χ0v) is 18.6. The van der Waals surface area contributed by atoms with Crippen LogP contribution in [0.4, 0.5) is 5.69 Å². The molecule has 0 aliphatic carbocycles. The van der Waals surface area contributed by atoms with E-state index in [9.17, 15) is 4.79 Å². The molecule has 1 heterocycles.